The van der Waals surface area contributed by atoms with Crippen molar-refractivity contribution >= 4 is 54.6 Å². The van der Waals surface area contributed by atoms with Crippen LogP contribution < -0.4 is 0 Å². The van der Waals surface area contributed by atoms with Crippen LogP contribution in [-0.2, 0) is 13.6 Å². The Hall–Kier alpha value is 0.470. The lowest BCUT2D eigenvalue weighted by atomic mass is 10.1. The summed E-state index contributed by atoms with van der Waals surface area (Å²) in [5.74, 6) is 0. The van der Waals surface area contributed by atoms with Gasteiger partial charge in [0.15, 0.2) is 4.20 Å². The molecule has 3 aliphatic rings. The van der Waals surface area contributed by atoms with E-state index in [1.165, 1.54) is 38.9 Å². The Kier molecular flexibility index (Phi) is 7.38. The molecule has 0 aromatic heterocycles. The average Bonchev–Trinajstić information content (AvgIpc) is 3.29. The van der Waals surface area contributed by atoms with Crippen LogP contribution in [0.15, 0.2) is 43.9 Å². The number of allylic oxidation sites excluding steroid dienone is 2. The molecule has 0 atom stereocenters. The largest absolute Gasteiger partial charge is 0.361 e. The van der Waals surface area contributed by atoms with Crippen molar-refractivity contribution in [2.45, 2.75) is 64.8 Å². The summed E-state index contributed by atoms with van der Waals surface area (Å²) in [5, 5.41) is 0. The second kappa shape index (κ2) is 9.38. The van der Waals surface area contributed by atoms with E-state index in [1.54, 1.807) is 23.5 Å². The van der Waals surface area contributed by atoms with Crippen LogP contribution in [0.5, 0.6) is 0 Å². The van der Waals surface area contributed by atoms with E-state index in [4.69, 9.17) is 9.05 Å². The molecular formula is C21H30NO3PS4. The SMILES string of the molecule is CCOP(=O)(OCC)C1(C2(N3CCCCC3)SC(C)=C(C)S2)Sc2ccccc2S1. The Morgan fingerprint density at radius 1 is 0.900 bits per heavy atom. The smallest absolute Gasteiger partial charge is 0.307 e. The number of benzene rings is 1. The van der Waals surface area contributed by atoms with Crippen LogP contribution in [0, 0.1) is 0 Å². The molecule has 3 aliphatic heterocycles. The van der Waals surface area contributed by atoms with E-state index >= 15 is 0 Å². The molecule has 0 N–H and O–H groups in total. The topological polar surface area (TPSA) is 38.8 Å². The van der Waals surface area contributed by atoms with Crippen molar-refractivity contribution in [2.24, 2.45) is 0 Å². The molecule has 4 nitrogen and oxygen atoms in total. The Balaban J connectivity index is 1.91. The van der Waals surface area contributed by atoms with Gasteiger partial charge in [0.25, 0.3) is 0 Å². The highest BCUT2D eigenvalue weighted by atomic mass is 32.2. The minimum Gasteiger partial charge on any atom is -0.307 e. The van der Waals surface area contributed by atoms with Crippen LogP contribution in [0.2, 0.25) is 0 Å². The number of hydrogen-bond acceptors (Lipinski definition) is 8. The molecule has 0 unspecified atom stereocenters. The van der Waals surface area contributed by atoms with E-state index in [2.05, 4.69) is 43.0 Å². The van der Waals surface area contributed by atoms with E-state index in [0.717, 1.165) is 13.1 Å². The summed E-state index contributed by atoms with van der Waals surface area (Å²) < 4.78 is 25.7. The van der Waals surface area contributed by atoms with Crippen LogP contribution in [0.25, 0.3) is 0 Å². The fraction of sp³-hybridized carbons (Fsp3) is 0.619. The van der Waals surface area contributed by atoms with Crippen molar-refractivity contribution in [1.29, 1.82) is 0 Å². The fourth-order valence-corrected chi connectivity index (χ4v) is 15.6. The lowest BCUT2D eigenvalue weighted by molar-refractivity contribution is 0.173. The van der Waals surface area contributed by atoms with Gasteiger partial charge in [0.2, 0.25) is 3.82 Å². The number of rotatable bonds is 7. The van der Waals surface area contributed by atoms with Crippen molar-refractivity contribution in [3.8, 4) is 0 Å². The van der Waals surface area contributed by atoms with Gasteiger partial charge in [-0.2, -0.15) is 0 Å². The van der Waals surface area contributed by atoms with Crippen LogP contribution in [0.3, 0.4) is 0 Å². The number of hydrogen-bond donors (Lipinski definition) is 0. The van der Waals surface area contributed by atoms with Gasteiger partial charge in [-0.3, -0.25) is 9.46 Å². The first-order valence-electron chi connectivity index (χ1n) is 10.6. The molecular weight excluding hydrogens is 473 g/mol. The lowest BCUT2D eigenvalue weighted by Crippen LogP contribution is -2.57. The summed E-state index contributed by atoms with van der Waals surface area (Å²) in [5.41, 5.74) is 0. The van der Waals surface area contributed by atoms with Crippen molar-refractivity contribution in [3.63, 3.8) is 0 Å². The normalized spacial score (nSPS) is 23.7. The average molecular weight is 504 g/mol. The van der Waals surface area contributed by atoms with Gasteiger partial charge < -0.3 is 9.05 Å². The van der Waals surface area contributed by atoms with Crippen LogP contribution in [-0.4, -0.2) is 39.2 Å². The third-order valence-electron chi connectivity index (χ3n) is 5.55. The molecule has 30 heavy (non-hydrogen) atoms. The van der Waals surface area contributed by atoms with Crippen LogP contribution in [0.4, 0.5) is 0 Å². The summed E-state index contributed by atoms with van der Waals surface area (Å²) in [6.45, 7) is 11.0. The van der Waals surface area contributed by atoms with Gasteiger partial charge in [0.1, 0.15) is 0 Å². The van der Waals surface area contributed by atoms with Gasteiger partial charge in [-0.05, 0) is 62.5 Å². The Bertz CT molecular complexity index is 823. The predicted molar refractivity (Wildman–Crippen MR) is 133 cm³/mol. The maximum atomic E-state index is 14.7. The third kappa shape index (κ3) is 3.77. The molecule has 1 aromatic carbocycles. The van der Waals surface area contributed by atoms with Gasteiger partial charge in [-0.25, -0.2) is 0 Å². The molecule has 1 aromatic rings. The molecule has 3 heterocycles. The summed E-state index contributed by atoms with van der Waals surface area (Å²) in [4.78, 5) is 7.52. The van der Waals surface area contributed by atoms with E-state index in [9.17, 15) is 4.57 Å². The van der Waals surface area contributed by atoms with Gasteiger partial charge >= 0.3 is 7.60 Å². The maximum Gasteiger partial charge on any atom is 0.361 e. The fourth-order valence-electron chi connectivity index (χ4n) is 4.12. The Morgan fingerprint density at radius 3 is 1.87 bits per heavy atom. The highest BCUT2D eigenvalue weighted by molar-refractivity contribution is 8.33. The quantitative estimate of drug-likeness (QED) is 0.351. The van der Waals surface area contributed by atoms with Crippen molar-refractivity contribution in [2.75, 3.05) is 26.3 Å². The second-order valence-corrected chi connectivity index (χ2v) is 16.1. The van der Waals surface area contributed by atoms with Gasteiger partial charge in [0.05, 0.1) is 13.2 Å². The minimum absolute atomic E-state index is 0.368. The van der Waals surface area contributed by atoms with Gasteiger partial charge in [-0.1, -0.05) is 65.6 Å². The highest BCUT2D eigenvalue weighted by Gasteiger charge is 2.72. The number of fused-ring (bicyclic) bond motifs is 1. The molecule has 0 radical (unpaired) electrons. The number of nitrogens with zero attached hydrogens (tertiary/aromatic N) is 1. The predicted octanol–water partition coefficient (Wildman–Crippen LogP) is 7.68. The second-order valence-electron chi connectivity index (χ2n) is 7.51. The van der Waals surface area contributed by atoms with Crippen LogP contribution in [0.1, 0.15) is 47.0 Å². The van der Waals surface area contributed by atoms with E-state index in [0.29, 0.717) is 13.2 Å². The van der Waals surface area contributed by atoms with Crippen molar-refractivity contribution in [1.82, 2.24) is 4.90 Å². The first-order chi connectivity index (χ1) is 14.4. The number of likely N-dealkylation sites (tertiary alicyclic amines) is 1. The lowest BCUT2D eigenvalue weighted by Gasteiger charge is -2.52. The molecule has 9 heteroatoms. The molecule has 0 saturated carbocycles. The minimum atomic E-state index is -3.50. The summed E-state index contributed by atoms with van der Waals surface area (Å²) in [7, 11) is -3.50. The first-order valence-corrected chi connectivity index (χ1v) is 15.4. The molecule has 1 saturated heterocycles. The zero-order valence-electron chi connectivity index (χ0n) is 18.0. The summed E-state index contributed by atoms with van der Waals surface area (Å²) >= 11 is 7.14. The molecule has 0 amide bonds. The van der Waals surface area contributed by atoms with E-state index in [1.807, 2.05) is 37.4 Å². The number of piperidine rings is 1. The first kappa shape index (κ1) is 23.6. The van der Waals surface area contributed by atoms with Gasteiger partial charge in [0, 0.05) is 22.9 Å². The number of thioether (sulfide) groups is 4. The Morgan fingerprint density at radius 2 is 1.40 bits per heavy atom. The monoisotopic (exact) mass is 503 g/mol. The molecule has 0 spiro atoms. The molecule has 0 bridgehead atoms. The summed E-state index contributed by atoms with van der Waals surface area (Å²) in [6, 6.07) is 8.40. The molecule has 1 fully saturated rings. The highest BCUT2D eigenvalue weighted by Crippen LogP contribution is 2.85. The zero-order valence-corrected chi connectivity index (χ0v) is 22.2. The van der Waals surface area contributed by atoms with Gasteiger partial charge in [-0.15, -0.1) is 0 Å². The van der Waals surface area contributed by atoms with Crippen molar-refractivity contribution < 1.29 is 13.6 Å². The van der Waals surface area contributed by atoms with Crippen molar-refractivity contribution in [3.05, 3.63) is 34.1 Å². The molecule has 166 valence electrons. The Labute approximate surface area is 197 Å². The summed E-state index contributed by atoms with van der Waals surface area (Å²) in [6.07, 6.45) is 3.61. The third-order valence-corrected chi connectivity index (χ3v) is 17.0. The van der Waals surface area contributed by atoms with Crippen LogP contribution >= 0.6 is 54.6 Å². The zero-order chi connectivity index (χ0) is 21.4. The van der Waals surface area contributed by atoms with E-state index < -0.39 is 15.6 Å². The standard InChI is InChI=1S/C21H30NO3PS4/c1-5-24-26(23,25-6-2)21(29-18-12-8-9-13-19(18)30-21)20(22-14-10-7-11-15-22)27-16(3)17(4)28-20/h8-9,12-13H,5-7,10-11,14-15H2,1-4H3. The maximum absolute atomic E-state index is 14.7. The van der Waals surface area contributed by atoms with E-state index in [-0.39, 0.29) is 0 Å². The molecule has 0 aliphatic carbocycles. The molecule has 4 rings (SSSR count).